The number of rotatable bonds is 9. The Morgan fingerprint density at radius 3 is 2.60 bits per heavy atom. The smallest absolute Gasteiger partial charge is 0.237 e. The van der Waals surface area contributed by atoms with Crippen molar-refractivity contribution in [3.8, 4) is 11.4 Å². The highest BCUT2D eigenvalue weighted by Crippen LogP contribution is 2.28. The molecule has 1 aromatic carbocycles. The van der Waals surface area contributed by atoms with E-state index in [1.165, 1.54) is 11.8 Å². The van der Waals surface area contributed by atoms with Gasteiger partial charge < -0.3 is 14.8 Å². The van der Waals surface area contributed by atoms with Crippen LogP contribution in [-0.2, 0) is 11.3 Å². The summed E-state index contributed by atoms with van der Waals surface area (Å²) in [5.41, 5.74) is 2.83. The normalized spacial score (nSPS) is 12.2. The number of benzene rings is 1. The zero-order valence-corrected chi connectivity index (χ0v) is 18.7. The number of para-hydroxylation sites is 1. The summed E-state index contributed by atoms with van der Waals surface area (Å²) in [6, 6.07) is 11.6. The van der Waals surface area contributed by atoms with Crippen LogP contribution in [0.1, 0.15) is 18.9 Å². The number of hydrogen-bond donors (Lipinski definition) is 1. The van der Waals surface area contributed by atoms with Gasteiger partial charge in [-0.25, -0.2) is 0 Å². The van der Waals surface area contributed by atoms with Crippen LogP contribution in [0.5, 0.6) is 0 Å². The van der Waals surface area contributed by atoms with Crippen LogP contribution in [0.3, 0.4) is 0 Å². The number of carbonyl (C=O) groups is 1. The Morgan fingerprint density at radius 2 is 1.90 bits per heavy atom. The van der Waals surface area contributed by atoms with Crippen LogP contribution in [0.25, 0.3) is 11.4 Å². The Bertz CT molecular complexity index is 973. The van der Waals surface area contributed by atoms with Gasteiger partial charge in [0.25, 0.3) is 0 Å². The van der Waals surface area contributed by atoms with E-state index in [9.17, 15) is 4.79 Å². The molecule has 2 aromatic heterocycles. The highest BCUT2D eigenvalue weighted by atomic mass is 32.2. The molecule has 3 rings (SSSR count). The van der Waals surface area contributed by atoms with Gasteiger partial charge in [0.1, 0.15) is 0 Å². The minimum Gasteiger partial charge on any atom is -0.325 e. The lowest BCUT2D eigenvalue weighted by Gasteiger charge is -2.15. The lowest BCUT2D eigenvalue weighted by Crippen LogP contribution is -2.23. The van der Waals surface area contributed by atoms with Gasteiger partial charge in [-0.3, -0.25) is 9.78 Å². The SMILES string of the molecule is Cc1ccccc1NC(=O)C(C)Sc1nnc(-c2ccncc2)n1CCCN(C)C. The molecule has 1 amide bonds. The number of hydrogen-bond acceptors (Lipinski definition) is 6. The first-order valence-electron chi connectivity index (χ1n) is 9.97. The van der Waals surface area contributed by atoms with Crippen LogP contribution in [0.4, 0.5) is 5.69 Å². The van der Waals surface area contributed by atoms with E-state index in [4.69, 9.17) is 0 Å². The van der Waals surface area contributed by atoms with E-state index >= 15 is 0 Å². The molecule has 8 heteroatoms. The number of amides is 1. The third kappa shape index (κ3) is 5.67. The summed E-state index contributed by atoms with van der Waals surface area (Å²) in [5, 5.41) is 12.3. The van der Waals surface area contributed by atoms with E-state index < -0.39 is 0 Å². The Labute approximate surface area is 181 Å². The van der Waals surface area contributed by atoms with Gasteiger partial charge in [0.05, 0.1) is 5.25 Å². The predicted molar refractivity (Wildman–Crippen MR) is 122 cm³/mol. The number of pyridine rings is 1. The molecule has 1 atom stereocenters. The first-order valence-corrected chi connectivity index (χ1v) is 10.8. The van der Waals surface area contributed by atoms with Crippen LogP contribution in [-0.4, -0.2) is 56.4 Å². The topological polar surface area (TPSA) is 75.9 Å². The fourth-order valence-corrected chi connectivity index (χ4v) is 3.87. The van der Waals surface area contributed by atoms with Gasteiger partial charge in [0.15, 0.2) is 11.0 Å². The van der Waals surface area contributed by atoms with E-state index in [-0.39, 0.29) is 11.2 Å². The molecule has 7 nitrogen and oxygen atoms in total. The molecule has 30 heavy (non-hydrogen) atoms. The van der Waals surface area contributed by atoms with E-state index in [2.05, 4.69) is 44.1 Å². The van der Waals surface area contributed by atoms with E-state index in [1.807, 2.05) is 50.2 Å². The zero-order valence-electron chi connectivity index (χ0n) is 17.9. The van der Waals surface area contributed by atoms with Gasteiger partial charge in [0.2, 0.25) is 5.91 Å². The van der Waals surface area contributed by atoms with Gasteiger partial charge in [-0.1, -0.05) is 30.0 Å². The number of thioether (sulfide) groups is 1. The summed E-state index contributed by atoms with van der Waals surface area (Å²) >= 11 is 1.43. The summed E-state index contributed by atoms with van der Waals surface area (Å²) in [5.74, 6) is 0.743. The molecule has 0 saturated carbocycles. The van der Waals surface area contributed by atoms with Gasteiger partial charge in [-0.05, 0) is 64.7 Å². The Kier molecular flexibility index (Phi) is 7.59. The molecule has 0 bridgehead atoms. The maximum Gasteiger partial charge on any atom is 0.237 e. The van der Waals surface area contributed by atoms with Crippen molar-refractivity contribution in [1.29, 1.82) is 0 Å². The molecule has 0 radical (unpaired) electrons. The second-order valence-electron chi connectivity index (χ2n) is 7.41. The molecule has 0 aliphatic rings. The summed E-state index contributed by atoms with van der Waals surface area (Å²) < 4.78 is 2.10. The highest BCUT2D eigenvalue weighted by molar-refractivity contribution is 8.00. The first-order chi connectivity index (χ1) is 14.5. The van der Waals surface area contributed by atoms with Crippen molar-refractivity contribution in [2.75, 3.05) is 26.0 Å². The molecule has 1 N–H and O–H groups in total. The first kappa shape index (κ1) is 22.0. The molecule has 1 unspecified atom stereocenters. The molecule has 0 aliphatic carbocycles. The molecule has 0 aliphatic heterocycles. The lowest BCUT2D eigenvalue weighted by atomic mass is 10.2. The second-order valence-corrected chi connectivity index (χ2v) is 8.72. The molecular weight excluding hydrogens is 396 g/mol. The largest absolute Gasteiger partial charge is 0.325 e. The fraction of sp³-hybridized carbons (Fsp3) is 0.364. The Balaban J connectivity index is 1.77. The molecule has 0 fully saturated rings. The number of carbonyl (C=O) groups excluding carboxylic acids is 1. The summed E-state index contributed by atoms with van der Waals surface area (Å²) in [6.45, 7) is 5.61. The summed E-state index contributed by atoms with van der Waals surface area (Å²) in [7, 11) is 4.12. The zero-order chi connectivity index (χ0) is 21.5. The lowest BCUT2D eigenvalue weighted by molar-refractivity contribution is -0.115. The van der Waals surface area contributed by atoms with Gasteiger partial charge >= 0.3 is 0 Å². The number of nitrogens with zero attached hydrogens (tertiary/aromatic N) is 5. The van der Waals surface area contributed by atoms with E-state index in [1.54, 1.807) is 12.4 Å². The van der Waals surface area contributed by atoms with Gasteiger partial charge in [0, 0.05) is 30.2 Å². The van der Waals surface area contributed by atoms with Crippen molar-refractivity contribution in [2.24, 2.45) is 0 Å². The van der Waals surface area contributed by atoms with Crippen molar-refractivity contribution in [3.05, 3.63) is 54.4 Å². The predicted octanol–water partition coefficient (Wildman–Crippen LogP) is 3.72. The molecular formula is C22H28N6OS. The molecule has 0 saturated heterocycles. The quantitative estimate of drug-likeness (QED) is 0.528. The molecule has 0 spiro atoms. The Hall–Kier alpha value is -2.71. The maximum atomic E-state index is 12.8. The minimum absolute atomic E-state index is 0.0531. The summed E-state index contributed by atoms with van der Waals surface area (Å²) in [6.07, 6.45) is 4.46. The standard InChI is InChI=1S/C22H28N6OS/c1-16-8-5-6-9-19(16)24-21(29)17(2)30-22-26-25-20(18-10-12-23-13-11-18)28(22)15-7-14-27(3)4/h5-6,8-13,17H,7,14-15H2,1-4H3,(H,24,29). The van der Waals surface area contributed by atoms with Gasteiger partial charge in [-0.2, -0.15) is 0 Å². The third-order valence-electron chi connectivity index (χ3n) is 4.70. The number of aryl methyl sites for hydroxylation is 1. The number of anilines is 1. The average molecular weight is 425 g/mol. The maximum absolute atomic E-state index is 12.8. The van der Waals surface area contributed by atoms with E-state index in [0.717, 1.165) is 47.3 Å². The highest BCUT2D eigenvalue weighted by Gasteiger charge is 2.21. The van der Waals surface area contributed by atoms with Crippen LogP contribution < -0.4 is 5.32 Å². The van der Waals surface area contributed by atoms with Crippen LogP contribution in [0.15, 0.2) is 53.9 Å². The van der Waals surface area contributed by atoms with Crippen molar-refractivity contribution < 1.29 is 4.79 Å². The Morgan fingerprint density at radius 1 is 1.17 bits per heavy atom. The fourth-order valence-electron chi connectivity index (χ4n) is 3.00. The minimum atomic E-state index is -0.313. The molecule has 158 valence electrons. The monoisotopic (exact) mass is 424 g/mol. The number of nitrogens with one attached hydrogen (secondary N) is 1. The van der Waals surface area contributed by atoms with Crippen molar-refractivity contribution in [1.82, 2.24) is 24.6 Å². The molecule has 3 aromatic rings. The molecule has 2 heterocycles. The average Bonchev–Trinajstić information content (AvgIpc) is 3.12. The van der Waals surface area contributed by atoms with Crippen molar-refractivity contribution in [2.45, 2.75) is 37.2 Å². The van der Waals surface area contributed by atoms with E-state index in [0.29, 0.717) is 0 Å². The van der Waals surface area contributed by atoms with Crippen molar-refractivity contribution in [3.63, 3.8) is 0 Å². The van der Waals surface area contributed by atoms with Crippen molar-refractivity contribution >= 4 is 23.4 Å². The van der Waals surface area contributed by atoms with Crippen LogP contribution in [0.2, 0.25) is 0 Å². The van der Waals surface area contributed by atoms with Crippen LogP contribution in [0, 0.1) is 6.92 Å². The number of aromatic nitrogens is 4. The van der Waals surface area contributed by atoms with Gasteiger partial charge in [-0.15, -0.1) is 10.2 Å². The van der Waals surface area contributed by atoms with Crippen LogP contribution >= 0.6 is 11.8 Å². The second kappa shape index (κ2) is 10.4. The third-order valence-corrected chi connectivity index (χ3v) is 5.78. The summed E-state index contributed by atoms with van der Waals surface area (Å²) in [4.78, 5) is 19.0.